The van der Waals surface area contributed by atoms with E-state index in [1.807, 2.05) is 19.9 Å². The van der Waals surface area contributed by atoms with Gasteiger partial charge in [-0.05, 0) is 55.8 Å². The van der Waals surface area contributed by atoms with Gasteiger partial charge in [-0.15, -0.1) is 0 Å². The lowest BCUT2D eigenvalue weighted by Crippen LogP contribution is -2.10. The predicted octanol–water partition coefficient (Wildman–Crippen LogP) is 5.39. The van der Waals surface area contributed by atoms with Gasteiger partial charge in [-0.1, -0.05) is 6.07 Å². The molecule has 1 amide bonds. The monoisotopic (exact) mass is 434 g/mol. The van der Waals surface area contributed by atoms with Crippen molar-refractivity contribution in [1.29, 1.82) is 0 Å². The Bertz CT molecular complexity index is 1150. The number of carbonyl (C=O) groups excluding carboxylic acids is 1. The summed E-state index contributed by atoms with van der Waals surface area (Å²) in [5.74, 6) is 0.938. The molecule has 0 radical (unpaired) electrons. The van der Waals surface area contributed by atoms with Gasteiger partial charge < -0.3 is 19.5 Å². The highest BCUT2D eigenvalue weighted by Crippen LogP contribution is 2.38. The van der Waals surface area contributed by atoms with Crippen LogP contribution in [0, 0.1) is 5.82 Å². The fourth-order valence-corrected chi connectivity index (χ4v) is 3.40. The van der Waals surface area contributed by atoms with E-state index in [0.29, 0.717) is 29.4 Å². The molecule has 2 aromatic carbocycles. The second-order valence-electron chi connectivity index (χ2n) is 7.32. The minimum atomic E-state index is -0.542. The van der Waals surface area contributed by atoms with Gasteiger partial charge in [-0.25, -0.2) is 4.39 Å². The Morgan fingerprint density at radius 1 is 1.28 bits per heavy atom. The molecule has 1 N–H and O–H groups in total. The first-order chi connectivity index (χ1) is 15.5. The number of carbonyl (C=O) groups is 1. The molecule has 0 fully saturated rings. The number of anilines is 1. The smallest absolute Gasteiger partial charge is 0.248 e. The van der Waals surface area contributed by atoms with Crippen LogP contribution >= 0.6 is 0 Å². The second-order valence-corrected chi connectivity index (χ2v) is 7.32. The van der Waals surface area contributed by atoms with Crippen LogP contribution < -0.4 is 19.5 Å². The van der Waals surface area contributed by atoms with Crippen molar-refractivity contribution in [3.05, 3.63) is 77.9 Å². The highest BCUT2D eigenvalue weighted by molar-refractivity contribution is 6.03. The van der Waals surface area contributed by atoms with E-state index in [4.69, 9.17) is 14.2 Å². The summed E-state index contributed by atoms with van der Waals surface area (Å²) >= 11 is 0. The molecule has 6 nitrogen and oxygen atoms in total. The number of hydrogen-bond donors (Lipinski definition) is 1. The van der Waals surface area contributed by atoms with E-state index in [2.05, 4.69) is 10.3 Å². The second kappa shape index (κ2) is 9.51. The van der Waals surface area contributed by atoms with Gasteiger partial charge in [0.15, 0.2) is 11.6 Å². The average molecular weight is 434 g/mol. The highest BCUT2D eigenvalue weighted by atomic mass is 19.1. The van der Waals surface area contributed by atoms with Gasteiger partial charge in [-0.3, -0.25) is 9.78 Å². The maximum Gasteiger partial charge on any atom is 0.248 e. The van der Waals surface area contributed by atoms with Gasteiger partial charge in [0.1, 0.15) is 23.4 Å². The minimum Gasteiger partial charge on any atom is -0.492 e. The van der Waals surface area contributed by atoms with Crippen LogP contribution in [0.15, 0.2) is 60.9 Å². The third kappa shape index (κ3) is 5.06. The highest BCUT2D eigenvalue weighted by Gasteiger charge is 2.22. The number of nitrogens with zero attached hydrogens (tertiary/aromatic N) is 1. The third-order valence-corrected chi connectivity index (χ3v) is 4.80. The zero-order chi connectivity index (χ0) is 22.5. The van der Waals surface area contributed by atoms with Gasteiger partial charge in [0.25, 0.3) is 0 Å². The van der Waals surface area contributed by atoms with E-state index in [1.54, 1.807) is 30.5 Å². The number of halogens is 1. The van der Waals surface area contributed by atoms with Crippen molar-refractivity contribution in [2.24, 2.45) is 0 Å². The molecule has 1 aliphatic rings. The number of fused-ring (bicyclic) bond motifs is 1. The van der Waals surface area contributed by atoms with Crippen molar-refractivity contribution in [3.63, 3.8) is 0 Å². The molecular formula is C25H23FN2O4. The van der Waals surface area contributed by atoms with Crippen LogP contribution in [-0.4, -0.2) is 23.6 Å². The van der Waals surface area contributed by atoms with Crippen LogP contribution in [0.5, 0.6) is 23.0 Å². The molecule has 164 valence electrons. The summed E-state index contributed by atoms with van der Waals surface area (Å²) in [7, 11) is 0. The van der Waals surface area contributed by atoms with Gasteiger partial charge in [0, 0.05) is 30.3 Å². The maximum atomic E-state index is 14.4. The lowest BCUT2D eigenvalue weighted by Gasteiger charge is -2.12. The predicted molar refractivity (Wildman–Crippen MR) is 120 cm³/mol. The molecule has 4 rings (SSSR count). The minimum absolute atomic E-state index is 0.0772. The number of hydrogen-bond acceptors (Lipinski definition) is 5. The zero-order valence-corrected chi connectivity index (χ0v) is 17.8. The fourth-order valence-electron chi connectivity index (χ4n) is 3.40. The van der Waals surface area contributed by atoms with E-state index < -0.39 is 5.82 Å². The summed E-state index contributed by atoms with van der Waals surface area (Å²) in [6, 6.07) is 11.5. The standard InChI is InChI=1S/C25H23FN2O4/c1-3-30-24-13-18-11-16(2)31-23(18)14-21(24)28-25(29)9-7-17-6-8-22(20(26)12-17)32-19-5-4-10-27-15-19/h4-10,12-16H,3,11H2,1-2H3,(H,28,29)/b9-7+. The van der Waals surface area contributed by atoms with Crippen LogP contribution in [0.1, 0.15) is 25.0 Å². The number of benzene rings is 2. The van der Waals surface area contributed by atoms with E-state index in [-0.39, 0.29) is 17.8 Å². The maximum absolute atomic E-state index is 14.4. The topological polar surface area (TPSA) is 69.7 Å². The molecule has 0 saturated heterocycles. The van der Waals surface area contributed by atoms with Gasteiger partial charge in [0.2, 0.25) is 5.91 Å². The Hall–Kier alpha value is -3.87. The quantitative estimate of drug-likeness (QED) is 0.505. The number of nitrogens with one attached hydrogen (secondary N) is 1. The largest absolute Gasteiger partial charge is 0.492 e. The molecule has 0 spiro atoms. The number of rotatable bonds is 7. The summed E-state index contributed by atoms with van der Waals surface area (Å²) < 4.78 is 31.3. The summed E-state index contributed by atoms with van der Waals surface area (Å²) in [6.07, 6.45) is 6.86. The van der Waals surface area contributed by atoms with Crippen LogP contribution in [0.2, 0.25) is 0 Å². The number of aromatic nitrogens is 1. The van der Waals surface area contributed by atoms with Crippen LogP contribution in [0.3, 0.4) is 0 Å². The summed E-state index contributed by atoms with van der Waals surface area (Å²) in [4.78, 5) is 16.4. The molecule has 1 unspecified atom stereocenters. The summed E-state index contributed by atoms with van der Waals surface area (Å²) in [5, 5.41) is 2.81. The Balaban J connectivity index is 1.45. The third-order valence-electron chi connectivity index (χ3n) is 4.80. The molecule has 0 bridgehead atoms. The Labute approximate surface area is 185 Å². The van der Waals surface area contributed by atoms with Crippen molar-refractivity contribution in [2.75, 3.05) is 11.9 Å². The van der Waals surface area contributed by atoms with Crippen molar-refractivity contribution >= 4 is 17.7 Å². The van der Waals surface area contributed by atoms with Crippen molar-refractivity contribution in [2.45, 2.75) is 26.4 Å². The first kappa shape index (κ1) is 21.4. The SMILES string of the molecule is CCOc1cc2c(cc1NC(=O)/C=C/c1ccc(Oc3cccnc3)c(F)c1)OC(C)C2. The van der Waals surface area contributed by atoms with E-state index in [9.17, 15) is 9.18 Å². The Morgan fingerprint density at radius 2 is 2.16 bits per heavy atom. The van der Waals surface area contributed by atoms with E-state index >= 15 is 0 Å². The van der Waals surface area contributed by atoms with Crippen LogP contribution in [-0.2, 0) is 11.2 Å². The molecule has 1 aromatic heterocycles. The molecule has 7 heteroatoms. The molecule has 0 saturated carbocycles. The molecule has 0 aliphatic carbocycles. The van der Waals surface area contributed by atoms with E-state index in [0.717, 1.165) is 17.7 Å². The fraction of sp³-hybridized carbons (Fsp3) is 0.200. The van der Waals surface area contributed by atoms with Crippen LogP contribution in [0.4, 0.5) is 10.1 Å². The van der Waals surface area contributed by atoms with Gasteiger partial charge in [-0.2, -0.15) is 0 Å². The van der Waals surface area contributed by atoms with Gasteiger partial charge in [0.05, 0.1) is 18.5 Å². The molecule has 32 heavy (non-hydrogen) atoms. The Morgan fingerprint density at radius 3 is 2.91 bits per heavy atom. The van der Waals surface area contributed by atoms with Gasteiger partial charge >= 0.3 is 0 Å². The lowest BCUT2D eigenvalue weighted by molar-refractivity contribution is -0.111. The molecule has 1 aliphatic heterocycles. The number of amides is 1. The molecule has 1 atom stereocenters. The van der Waals surface area contributed by atoms with Crippen molar-refractivity contribution in [3.8, 4) is 23.0 Å². The van der Waals surface area contributed by atoms with E-state index in [1.165, 1.54) is 30.5 Å². The summed E-state index contributed by atoms with van der Waals surface area (Å²) in [5.41, 5.74) is 2.10. The molecular weight excluding hydrogens is 411 g/mol. The lowest BCUT2D eigenvalue weighted by atomic mass is 10.1. The number of pyridine rings is 1. The summed E-state index contributed by atoms with van der Waals surface area (Å²) in [6.45, 7) is 4.35. The Kier molecular flexibility index (Phi) is 6.35. The first-order valence-corrected chi connectivity index (χ1v) is 10.3. The molecule has 2 heterocycles. The van der Waals surface area contributed by atoms with Crippen molar-refractivity contribution < 1.29 is 23.4 Å². The van der Waals surface area contributed by atoms with Crippen LogP contribution in [0.25, 0.3) is 6.08 Å². The molecule has 3 aromatic rings. The zero-order valence-electron chi connectivity index (χ0n) is 17.8. The van der Waals surface area contributed by atoms with Crippen molar-refractivity contribution in [1.82, 2.24) is 4.98 Å². The average Bonchev–Trinajstić information content (AvgIpc) is 3.14. The number of ether oxygens (including phenoxy) is 3. The normalized spacial score (nSPS) is 14.7. The first-order valence-electron chi connectivity index (χ1n) is 10.3.